The third kappa shape index (κ3) is 4.79. The van der Waals surface area contributed by atoms with Gasteiger partial charge in [0, 0.05) is 30.8 Å². The number of nitrogens with one attached hydrogen (secondary N) is 1. The van der Waals surface area contributed by atoms with Gasteiger partial charge in [0.1, 0.15) is 5.82 Å². The van der Waals surface area contributed by atoms with E-state index in [4.69, 9.17) is 16.6 Å². The average molecular weight is 433 g/mol. The molecule has 0 atom stereocenters. The fourth-order valence-electron chi connectivity index (χ4n) is 3.54. The van der Waals surface area contributed by atoms with Crippen LogP contribution in [-0.2, 0) is 6.54 Å². The number of hydrogen-bond acceptors (Lipinski definition) is 3. The number of carbonyl (C=O) groups is 1. The van der Waals surface area contributed by atoms with E-state index in [-0.39, 0.29) is 5.91 Å². The van der Waals surface area contributed by atoms with Crippen LogP contribution < -0.4 is 5.32 Å². The number of carbonyl (C=O) groups excluding carboxylic acids is 1. The van der Waals surface area contributed by atoms with Crippen molar-refractivity contribution in [3.8, 4) is 11.4 Å². The number of rotatable bonds is 7. The summed E-state index contributed by atoms with van der Waals surface area (Å²) in [6.45, 7) is 2.04. The Balaban J connectivity index is 1.75. The fourth-order valence-corrected chi connectivity index (χ4v) is 3.76. The Labute approximate surface area is 187 Å². The second-order valence-corrected chi connectivity index (χ2v) is 8.16. The minimum Gasteiger partial charge on any atom is -0.351 e. The number of aromatic nitrogens is 2. The predicted molar refractivity (Wildman–Crippen MR) is 127 cm³/mol. The lowest BCUT2D eigenvalue weighted by molar-refractivity contribution is 0.0951. The van der Waals surface area contributed by atoms with E-state index in [1.807, 2.05) is 79.7 Å². The number of hydrogen-bond donors (Lipinski definition) is 1. The fraction of sp³-hybridized carbons (Fsp3) is 0.200. The van der Waals surface area contributed by atoms with Crippen LogP contribution in [-0.4, -0.2) is 47.5 Å². The van der Waals surface area contributed by atoms with Gasteiger partial charge in [-0.05, 0) is 50.0 Å². The normalized spacial score (nSPS) is 11.2. The Morgan fingerprint density at radius 1 is 1.03 bits per heavy atom. The molecule has 5 nitrogen and oxygen atoms in total. The summed E-state index contributed by atoms with van der Waals surface area (Å²) in [7, 11) is 3.96. The van der Waals surface area contributed by atoms with Crippen molar-refractivity contribution in [2.75, 3.05) is 27.2 Å². The predicted octanol–water partition coefficient (Wildman–Crippen LogP) is 4.70. The third-order valence-electron chi connectivity index (χ3n) is 5.15. The zero-order valence-corrected chi connectivity index (χ0v) is 18.4. The quantitative estimate of drug-likeness (QED) is 0.460. The molecule has 0 aliphatic heterocycles. The Bertz CT molecular complexity index is 1200. The van der Waals surface area contributed by atoms with Crippen molar-refractivity contribution in [1.29, 1.82) is 0 Å². The maximum absolute atomic E-state index is 12.6. The molecule has 31 heavy (non-hydrogen) atoms. The van der Waals surface area contributed by atoms with Crippen LogP contribution in [0.25, 0.3) is 22.4 Å². The molecule has 3 aromatic carbocycles. The molecular formula is C25H25ClN4O. The Hall–Kier alpha value is -3.15. The smallest absolute Gasteiger partial charge is 0.251 e. The molecule has 0 saturated carbocycles. The molecular weight excluding hydrogens is 408 g/mol. The lowest BCUT2D eigenvalue weighted by Crippen LogP contribution is -2.31. The minimum absolute atomic E-state index is 0.0966. The van der Waals surface area contributed by atoms with E-state index in [2.05, 4.69) is 22.0 Å². The zero-order valence-electron chi connectivity index (χ0n) is 17.7. The molecule has 158 valence electrons. The van der Waals surface area contributed by atoms with E-state index in [0.29, 0.717) is 23.7 Å². The Morgan fingerprint density at radius 2 is 1.77 bits per heavy atom. The van der Waals surface area contributed by atoms with Gasteiger partial charge in [-0.1, -0.05) is 54.1 Å². The van der Waals surface area contributed by atoms with E-state index >= 15 is 0 Å². The molecule has 4 aromatic rings. The molecule has 4 rings (SSSR count). The summed E-state index contributed by atoms with van der Waals surface area (Å²) in [6, 6.07) is 23.6. The van der Waals surface area contributed by atoms with Crippen molar-refractivity contribution in [2.45, 2.75) is 6.54 Å². The van der Waals surface area contributed by atoms with Crippen molar-refractivity contribution in [1.82, 2.24) is 19.8 Å². The number of halogens is 1. The maximum Gasteiger partial charge on any atom is 0.251 e. The summed E-state index contributed by atoms with van der Waals surface area (Å²) in [5, 5.41) is 3.61. The van der Waals surface area contributed by atoms with Crippen LogP contribution in [0.1, 0.15) is 15.9 Å². The van der Waals surface area contributed by atoms with Gasteiger partial charge in [0.05, 0.1) is 16.1 Å². The summed E-state index contributed by atoms with van der Waals surface area (Å²) < 4.78 is 2.15. The van der Waals surface area contributed by atoms with Crippen LogP contribution in [0.3, 0.4) is 0 Å². The number of imidazole rings is 1. The molecule has 0 unspecified atom stereocenters. The second-order valence-electron chi connectivity index (χ2n) is 7.75. The highest BCUT2D eigenvalue weighted by atomic mass is 35.5. The van der Waals surface area contributed by atoms with Crippen molar-refractivity contribution in [3.63, 3.8) is 0 Å². The summed E-state index contributed by atoms with van der Waals surface area (Å²) >= 11 is 6.50. The molecule has 0 aliphatic carbocycles. The van der Waals surface area contributed by atoms with Gasteiger partial charge in [0.15, 0.2) is 0 Å². The first kappa shape index (κ1) is 21.1. The summed E-state index contributed by atoms with van der Waals surface area (Å²) in [6.07, 6.45) is 0. The molecule has 0 bridgehead atoms. The Morgan fingerprint density at radius 3 is 2.52 bits per heavy atom. The molecule has 1 amide bonds. The number of nitrogens with zero attached hydrogens (tertiary/aromatic N) is 3. The van der Waals surface area contributed by atoms with Crippen molar-refractivity contribution >= 4 is 28.5 Å². The van der Waals surface area contributed by atoms with E-state index < -0.39 is 0 Å². The highest BCUT2D eigenvalue weighted by Crippen LogP contribution is 2.31. The molecule has 0 saturated heterocycles. The van der Waals surface area contributed by atoms with Crippen LogP contribution in [0.5, 0.6) is 0 Å². The molecule has 0 radical (unpaired) electrons. The summed E-state index contributed by atoms with van der Waals surface area (Å²) in [5.74, 6) is 0.690. The second kappa shape index (κ2) is 9.33. The van der Waals surface area contributed by atoms with Crippen LogP contribution >= 0.6 is 11.6 Å². The molecule has 0 fully saturated rings. The maximum atomic E-state index is 12.6. The number of benzene rings is 3. The molecule has 0 aliphatic rings. The third-order valence-corrected chi connectivity index (χ3v) is 5.48. The van der Waals surface area contributed by atoms with E-state index in [1.54, 1.807) is 0 Å². The first-order valence-corrected chi connectivity index (χ1v) is 10.6. The molecule has 1 heterocycles. The standard InChI is InChI=1S/C25H25ClN4O/c1-29(2)15-14-27-25(31)19-12-13-23-22(16-19)28-24(20-10-6-7-11-21(20)26)30(23)17-18-8-4-3-5-9-18/h3-13,16H,14-15,17H2,1-2H3,(H,27,31). The number of fused-ring (bicyclic) bond motifs is 1. The SMILES string of the molecule is CN(C)CCNC(=O)c1ccc2c(c1)nc(-c1ccccc1Cl)n2Cc1ccccc1. The van der Waals surface area contributed by atoms with Crippen molar-refractivity contribution in [3.05, 3.63) is 88.9 Å². The van der Waals surface area contributed by atoms with Gasteiger partial charge in [0.25, 0.3) is 5.91 Å². The van der Waals surface area contributed by atoms with Crippen molar-refractivity contribution < 1.29 is 4.79 Å². The Kier molecular flexibility index (Phi) is 6.35. The van der Waals surface area contributed by atoms with Gasteiger partial charge >= 0.3 is 0 Å². The van der Waals surface area contributed by atoms with Gasteiger partial charge in [-0.2, -0.15) is 0 Å². The van der Waals surface area contributed by atoms with Crippen molar-refractivity contribution in [2.24, 2.45) is 0 Å². The lowest BCUT2D eigenvalue weighted by atomic mass is 10.1. The molecule has 1 aromatic heterocycles. The highest BCUT2D eigenvalue weighted by molar-refractivity contribution is 6.33. The number of likely N-dealkylation sites (N-methyl/N-ethyl adjacent to an activating group) is 1. The monoisotopic (exact) mass is 432 g/mol. The average Bonchev–Trinajstić information content (AvgIpc) is 3.12. The lowest BCUT2D eigenvalue weighted by Gasteiger charge is -2.11. The molecule has 0 spiro atoms. The van der Waals surface area contributed by atoms with Crippen LogP contribution in [0.2, 0.25) is 5.02 Å². The largest absolute Gasteiger partial charge is 0.351 e. The first-order valence-electron chi connectivity index (χ1n) is 10.2. The molecule has 1 N–H and O–H groups in total. The summed E-state index contributed by atoms with van der Waals surface area (Å²) in [4.78, 5) is 19.5. The van der Waals surface area contributed by atoms with Gasteiger partial charge in [-0.25, -0.2) is 4.98 Å². The highest BCUT2D eigenvalue weighted by Gasteiger charge is 2.17. The van der Waals surface area contributed by atoms with E-state index in [9.17, 15) is 4.79 Å². The van der Waals surface area contributed by atoms with Gasteiger partial charge in [-0.15, -0.1) is 0 Å². The van der Waals surface area contributed by atoms with Gasteiger partial charge < -0.3 is 14.8 Å². The topological polar surface area (TPSA) is 50.2 Å². The van der Waals surface area contributed by atoms with Gasteiger partial charge in [-0.3, -0.25) is 4.79 Å². The van der Waals surface area contributed by atoms with E-state index in [0.717, 1.165) is 29.0 Å². The first-order chi connectivity index (χ1) is 15.0. The van der Waals surface area contributed by atoms with Crippen LogP contribution in [0.15, 0.2) is 72.8 Å². The molecule has 6 heteroatoms. The van der Waals surface area contributed by atoms with Crippen LogP contribution in [0.4, 0.5) is 0 Å². The van der Waals surface area contributed by atoms with Gasteiger partial charge in [0.2, 0.25) is 0 Å². The van der Waals surface area contributed by atoms with E-state index in [1.165, 1.54) is 5.56 Å². The number of amides is 1. The van der Waals surface area contributed by atoms with Crippen LogP contribution in [0, 0.1) is 0 Å². The zero-order chi connectivity index (χ0) is 21.8. The summed E-state index contributed by atoms with van der Waals surface area (Å²) in [5.41, 5.74) is 4.37. The minimum atomic E-state index is -0.0966.